The van der Waals surface area contributed by atoms with E-state index in [2.05, 4.69) is 54.3 Å². The number of nitrogens with zero attached hydrogens (tertiary/aromatic N) is 3. The molecule has 28 heavy (non-hydrogen) atoms. The van der Waals surface area contributed by atoms with Crippen molar-refractivity contribution in [3.8, 4) is 0 Å². The van der Waals surface area contributed by atoms with Gasteiger partial charge in [0, 0.05) is 42.7 Å². The summed E-state index contributed by atoms with van der Waals surface area (Å²) < 4.78 is 0. The van der Waals surface area contributed by atoms with Gasteiger partial charge >= 0.3 is 0 Å². The third kappa shape index (κ3) is 5.40. The summed E-state index contributed by atoms with van der Waals surface area (Å²) in [6.45, 7) is 15.9. The van der Waals surface area contributed by atoms with Crippen LogP contribution in [0.25, 0.3) is 0 Å². The van der Waals surface area contributed by atoms with Crippen molar-refractivity contribution >= 4 is 22.9 Å². The third-order valence-electron chi connectivity index (χ3n) is 5.39. The Morgan fingerprint density at radius 1 is 1.14 bits per heavy atom. The number of anilines is 1. The van der Waals surface area contributed by atoms with Crippen LogP contribution in [0.15, 0.2) is 23.6 Å². The van der Waals surface area contributed by atoms with E-state index in [1.54, 1.807) is 11.3 Å². The number of aryl methyl sites for hydroxylation is 1. The quantitative estimate of drug-likeness (QED) is 0.829. The van der Waals surface area contributed by atoms with Gasteiger partial charge in [0.05, 0.1) is 18.8 Å². The first-order valence-corrected chi connectivity index (χ1v) is 10.9. The van der Waals surface area contributed by atoms with Crippen LogP contribution in [0.1, 0.15) is 42.6 Å². The molecular formula is C22H32N4OS. The number of carbonyl (C=O) groups excluding carboxylic acids is 1. The molecule has 1 N–H and O–H groups in total. The van der Waals surface area contributed by atoms with E-state index < -0.39 is 0 Å². The molecule has 0 atom stereocenters. The highest BCUT2D eigenvalue weighted by Crippen LogP contribution is 2.24. The van der Waals surface area contributed by atoms with Crippen molar-refractivity contribution < 1.29 is 4.79 Å². The number of hydrogen-bond acceptors (Lipinski definition) is 5. The molecular weight excluding hydrogens is 368 g/mol. The summed E-state index contributed by atoms with van der Waals surface area (Å²) in [5, 5.41) is 6.43. The van der Waals surface area contributed by atoms with Crippen LogP contribution in [0, 0.1) is 13.8 Å². The maximum atomic E-state index is 12.4. The van der Waals surface area contributed by atoms with Gasteiger partial charge in [-0.3, -0.25) is 14.6 Å². The van der Waals surface area contributed by atoms with Gasteiger partial charge in [-0.1, -0.05) is 32.9 Å². The highest BCUT2D eigenvalue weighted by molar-refractivity contribution is 7.09. The van der Waals surface area contributed by atoms with E-state index in [9.17, 15) is 4.79 Å². The zero-order valence-electron chi connectivity index (χ0n) is 17.7. The minimum Gasteiger partial charge on any atom is -0.325 e. The molecule has 1 aromatic carbocycles. The zero-order chi connectivity index (χ0) is 20.3. The molecule has 1 aliphatic rings. The summed E-state index contributed by atoms with van der Waals surface area (Å²) in [7, 11) is 0. The van der Waals surface area contributed by atoms with Crippen molar-refractivity contribution in [2.45, 2.75) is 46.6 Å². The van der Waals surface area contributed by atoms with E-state index in [0.717, 1.165) is 44.0 Å². The number of amides is 1. The molecule has 0 saturated carbocycles. The Labute approximate surface area is 172 Å². The van der Waals surface area contributed by atoms with Gasteiger partial charge < -0.3 is 5.32 Å². The maximum absolute atomic E-state index is 12.4. The molecule has 152 valence electrons. The second kappa shape index (κ2) is 8.72. The van der Waals surface area contributed by atoms with Crippen LogP contribution in [0.3, 0.4) is 0 Å². The van der Waals surface area contributed by atoms with Gasteiger partial charge in [-0.15, -0.1) is 11.3 Å². The van der Waals surface area contributed by atoms with Gasteiger partial charge in [0.2, 0.25) is 5.91 Å². The lowest BCUT2D eigenvalue weighted by Crippen LogP contribution is -2.48. The molecule has 1 aliphatic heterocycles. The van der Waals surface area contributed by atoms with Gasteiger partial charge in [-0.05, 0) is 31.0 Å². The number of rotatable bonds is 5. The number of aromatic nitrogens is 1. The minimum absolute atomic E-state index is 0.0666. The smallest absolute Gasteiger partial charge is 0.238 e. The Morgan fingerprint density at radius 3 is 2.46 bits per heavy atom. The van der Waals surface area contributed by atoms with Gasteiger partial charge in [-0.25, -0.2) is 4.98 Å². The van der Waals surface area contributed by atoms with E-state index in [-0.39, 0.29) is 11.3 Å². The van der Waals surface area contributed by atoms with Crippen molar-refractivity contribution in [1.82, 2.24) is 14.8 Å². The van der Waals surface area contributed by atoms with E-state index in [4.69, 9.17) is 4.98 Å². The molecule has 5 nitrogen and oxygen atoms in total. The lowest BCUT2D eigenvalue weighted by molar-refractivity contribution is -0.117. The number of carbonyl (C=O) groups is 1. The molecule has 2 aromatic rings. The highest BCUT2D eigenvalue weighted by atomic mass is 32.1. The standard InChI is InChI=1S/C22H32N4OS/c1-16-7-6-8-18(17(16)2)23-20(27)13-25-9-11-26(12-10-25)14-21-24-19(15-28-21)22(3,4)5/h6-8,15H,9-14H2,1-5H3,(H,23,27). The molecule has 3 rings (SSSR count). The first-order valence-electron chi connectivity index (χ1n) is 9.98. The molecule has 6 heteroatoms. The molecule has 0 unspecified atom stereocenters. The predicted octanol–water partition coefficient (Wildman–Crippen LogP) is 3.81. The Morgan fingerprint density at radius 2 is 1.82 bits per heavy atom. The Hall–Kier alpha value is -1.76. The molecule has 0 bridgehead atoms. The van der Waals surface area contributed by atoms with Gasteiger partial charge in [-0.2, -0.15) is 0 Å². The summed E-state index contributed by atoms with van der Waals surface area (Å²) in [5.74, 6) is 0.0666. The summed E-state index contributed by atoms with van der Waals surface area (Å²) >= 11 is 1.75. The van der Waals surface area contributed by atoms with Gasteiger partial charge in [0.25, 0.3) is 0 Å². The number of benzene rings is 1. The monoisotopic (exact) mass is 400 g/mol. The van der Waals surface area contributed by atoms with Crippen LogP contribution in [0.2, 0.25) is 0 Å². The van der Waals surface area contributed by atoms with E-state index in [0.29, 0.717) is 6.54 Å². The van der Waals surface area contributed by atoms with Crippen LogP contribution in [0.4, 0.5) is 5.69 Å². The first kappa shape index (κ1) is 21.0. The van der Waals surface area contributed by atoms with Crippen LogP contribution < -0.4 is 5.32 Å². The Balaban J connectivity index is 1.45. The topological polar surface area (TPSA) is 48.5 Å². The van der Waals surface area contributed by atoms with Crippen molar-refractivity contribution in [3.63, 3.8) is 0 Å². The molecule has 0 aliphatic carbocycles. The fraction of sp³-hybridized carbons (Fsp3) is 0.545. The largest absolute Gasteiger partial charge is 0.325 e. The van der Waals surface area contributed by atoms with E-state index >= 15 is 0 Å². The van der Waals surface area contributed by atoms with Crippen molar-refractivity contribution in [3.05, 3.63) is 45.4 Å². The normalized spacial score (nSPS) is 16.3. The predicted molar refractivity (Wildman–Crippen MR) is 117 cm³/mol. The summed E-state index contributed by atoms with van der Waals surface area (Å²) in [6, 6.07) is 6.02. The Kier molecular flexibility index (Phi) is 6.53. The fourth-order valence-corrected chi connectivity index (χ4v) is 4.37. The number of nitrogens with one attached hydrogen (secondary N) is 1. The molecule has 1 amide bonds. The summed E-state index contributed by atoms with van der Waals surface area (Å²) in [4.78, 5) is 21.9. The van der Waals surface area contributed by atoms with Crippen LogP contribution in [0.5, 0.6) is 0 Å². The van der Waals surface area contributed by atoms with Crippen molar-refractivity contribution in [1.29, 1.82) is 0 Å². The average Bonchev–Trinajstić information content (AvgIpc) is 3.10. The first-order chi connectivity index (χ1) is 13.2. The second-order valence-corrected chi connectivity index (χ2v) is 9.67. The number of thiazole rings is 1. The van der Waals surface area contributed by atoms with Gasteiger partial charge in [0.1, 0.15) is 5.01 Å². The molecule has 1 fully saturated rings. The molecule has 1 saturated heterocycles. The summed E-state index contributed by atoms with van der Waals surface area (Å²) in [5.41, 5.74) is 4.54. The average molecular weight is 401 g/mol. The molecule has 2 heterocycles. The number of piperazine rings is 1. The zero-order valence-corrected chi connectivity index (χ0v) is 18.5. The highest BCUT2D eigenvalue weighted by Gasteiger charge is 2.22. The van der Waals surface area contributed by atoms with Crippen LogP contribution in [-0.4, -0.2) is 53.4 Å². The lowest BCUT2D eigenvalue weighted by Gasteiger charge is -2.33. The SMILES string of the molecule is Cc1cccc(NC(=O)CN2CCN(Cc3nc(C(C)(C)C)cs3)CC2)c1C. The second-order valence-electron chi connectivity index (χ2n) is 8.72. The fourth-order valence-electron chi connectivity index (χ4n) is 3.30. The number of hydrogen-bond donors (Lipinski definition) is 1. The molecule has 0 radical (unpaired) electrons. The molecule has 0 spiro atoms. The maximum Gasteiger partial charge on any atom is 0.238 e. The summed E-state index contributed by atoms with van der Waals surface area (Å²) in [6.07, 6.45) is 0. The van der Waals surface area contributed by atoms with Crippen molar-refractivity contribution in [2.75, 3.05) is 38.0 Å². The van der Waals surface area contributed by atoms with Crippen molar-refractivity contribution in [2.24, 2.45) is 0 Å². The third-order valence-corrected chi connectivity index (χ3v) is 6.22. The van der Waals surface area contributed by atoms with Crippen LogP contribution >= 0.6 is 11.3 Å². The van der Waals surface area contributed by atoms with E-state index in [1.807, 2.05) is 19.1 Å². The van der Waals surface area contributed by atoms with E-state index in [1.165, 1.54) is 16.3 Å². The Bertz CT molecular complexity index is 816. The lowest BCUT2D eigenvalue weighted by atomic mass is 9.93. The minimum atomic E-state index is 0.0666. The molecule has 1 aromatic heterocycles. The van der Waals surface area contributed by atoms with Gasteiger partial charge in [0.15, 0.2) is 0 Å². The van der Waals surface area contributed by atoms with Crippen LogP contribution in [-0.2, 0) is 16.8 Å².